The maximum atomic E-state index is 13.3. The number of hydrogen-bond acceptors (Lipinski definition) is 5. The van der Waals surface area contributed by atoms with E-state index >= 15 is 0 Å². The van der Waals surface area contributed by atoms with Crippen LogP contribution in [0.25, 0.3) is 0 Å². The lowest BCUT2D eigenvalue weighted by atomic mass is 10.1. The van der Waals surface area contributed by atoms with E-state index in [1.165, 1.54) is 6.07 Å². The molecule has 0 atom stereocenters. The van der Waals surface area contributed by atoms with E-state index in [-0.39, 0.29) is 16.3 Å². The highest BCUT2D eigenvalue weighted by Gasteiger charge is 2.19. The van der Waals surface area contributed by atoms with Crippen molar-refractivity contribution in [3.05, 3.63) is 70.6 Å². The summed E-state index contributed by atoms with van der Waals surface area (Å²) in [4.78, 5) is 16.6. The van der Waals surface area contributed by atoms with Gasteiger partial charge in [-0.1, -0.05) is 29.5 Å². The predicted octanol–water partition coefficient (Wildman–Crippen LogP) is 3.98. The second-order valence-electron chi connectivity index (χ2n) is 4.68. The van der Waals surface area contributed by atoms with Crippen LogP contribution in [0.2, 0.25) is 0 Å². The lowest BCUT2D eigenvalue weighted by Crippen LogP contribution is -2.03. The molecular formula is C16H11F2N3OS. The second-order valence-corrected chi connectivity index (χ2v) is 5.68. The summed E-state index contributed by atoms with van der Waals surface area (Å²) in [5, 5.41) is 3.48. The van der Waals surface area contributed by atoms with Crippen molar-refractivity contribution in [2.75, 3.05) is 11.1 Å². The van der Waals surface area contributed by atoms with Crippen LogP contribution in [0, 0.1) is 11.6 Å². The van der Waals surface area contributed by atoms with E-state index < -0.39 is 17.4 Å². The minimum absolute atomic E-state index is 0.0190. The Hall–Kier alpha value is -2.80. The molecule has 1 heterocycles. The Morgan fingerprint density at radius 1 is 1.09 bits per heavy atom. The van der Waals surface area contributed by atoms with E-state index in [2.05, 4.69) is 10.3 Å². The molecule has 2 aromatic carbocycles. The summed E-state index contributed by atoms with van der Waals surface area (Å²) >= 11 is 1.05. The van der Waals surface area contributed by atoms with Gasteiger partial charge in [0.1, 0.15) is 10.7 Å². The first-order chi connectivity index (χ1) is 11.0. The van der Waals surface area contributed by atoms with E-state index in [1.807, 2.05) is 30.3 Å². The van der Waals surface area contributed by atoms with Crippen molar-refractivity contribution < 1.29 is 13.6 Å². The van der Waals surface area contributed by atoms with Gasteiger partial charge in [0.25, 0.3) is 0 Å². The molecule has 0 aliphatic carbocycles. The van der Waals surface area contributed by atoms with Gasteiger partial charge in [-0.2, -0.15) is 0 Å². The molecule has 7 heteroatoms. The summed E-state index contributed by atoms with van der Waals surface area (Å²) in [5.41, 5.74) is 6.59. The standard InChI is InChI=1S/C16H11F2N3OS/c17-11-7-6-9(8-12(11)18)13(22)14-15(19)21-16(23-14)20-10-4-2-1-3-5-10/h1-8H,19H2,(H,20,21). The molecule has 0 aliphatic rings. The summed E-state index contributed by atoms with van der Waals surface area (Å²) in [6, 6.07) is 12.2. The predicted molar refractivity (Wildman–Crippen MR) is 86.0 cm³/mol. The summed E-state index contributed by atoms with van der Waals surface area (Å²) in [6.07, 6.45) is 0. The quantitative estimate of drug-likeness (QED) is 0.710. The first-order valence-electron chi connectivity index (χ1n) is 6.62. The molecule has 0 radical (unpaired) electrons. The molecule has 23 heavy (non-hydrogen) atoms. The number of nitrogens with zero attached hydrogens (tertiary/aromatic N) is 1. The Morgan fingerprint density at radius 3 is 2.52 bits per heavy atom. The van der Waals surface area contributed by atoms with Crippen molar-refractivity contribution >= 4 is 33.8 Å². The molecule has 3 aromatic rings. The van der Waals surface area contributed by atoms with Crippen molar-refractivity contribution in [2.24, 2.45) is 0 Å². The Kier molecular flexibility index (Phi) is 4.03. The zero-order valence-corrected chi connectivity index (χ0v) is 12.5. The first-order valence-corrected chi connectivity index (χ1v) is 7.44. The molecule has 0 spiro atoms. The third-order valence-corrected chi connectivity index (χ3v) is 4.05. The van der Waals surface area contributed by atoms with E-state index in [1.54, 1.807) is 0 Å². The average molecular weight is 331 g/mol. The van der Waals surface area contributed by atoms with Gasteiger partial charge >= 0.3 is 0 Å². The van der Waals surface area contributed by atoms with Gasteiger partial charge < -0.3 is 11.1 Å². The van der Waals surface area contributed by atoms with Crippen LogP contribution < -0.4 is 11.1 Å². The number of carbonyl (C=O) groups excluding carboxylic acids is 1. The molecule has 116 valence electrons. The normalized spacial score (nSPS) is 10.5. The molecule has 0 unspecified atom stereocenters. The van der Waals surface area contributed by atoms with Crippen LogP contribution in [0.5, 0.6) is 0 Å². The summed E-state index contributed by atoms with van der Waals surface area (Å²) in [7, 11) is 0. The Bertz CT molecular complexity index is 865. The van der Waals surface area contributed by atoms with Gasteiger partial charge in [0.2, 0.25) is 5.78 Å². The molecule has 0 saturated heterocycles. The van der Waals surface area contributed by atoms with Crippen molar-refractivity contribution in [1.29, 1.82) is 0 Å². The minimum atomic E-state index is -1.08. The van der Waals surface area contributed by atoms with E-state index in [0.717, 1.165) is 29.2 Å². The first kappa shape index (κ1) is 15.1. The molecular weight excluding hydrogens is 320 g/mol. The second kappa shape index (κ2) is 6.13. The van der Waals surface area contributed by atoms with Gasteiger partial charge in [0, 0.05) is 11.3 Å². The number of para-hydroxylation sites is 1. The number of rotatable bonds is 4. The number of anilines is 3. The van der Waals surface area contributed by atoms with Gasteiger partial charge in [0.15, 0.2) is 16.8 Å². The monoisotopic (exact) mass is 331 g/mol. The smallest absolute Gasteiger partial charge is 0.206 e. The van der Waals surface area contributed by atoms with E-state index in [4.69, 9.17) is 5.73 Å². The Labute approximate surface area is 134 Å². The van der Waals surface area contributed by atoms with Gasteiger partial charge in [-0.15, -0.1) is 0 Å². The fourth-order valence-electron chi connectivity index (χ4n) is 1.96. The minimum Gasteiger partial charge on any atom is -0.382 e. The largest absolute Gasteiger partial charge is 0.382 e. The topological polar surface area (TPSA) is 68.0 Å². The van der Waals surface area contributed by atoms with Crippen LogP contribution in [0.15, 0.2) is 48.5 Å². The zero-order valence-electron chi connectivity index (χ0n) is 11.7. The Morgan fingerprint density at radius 2 is 1.83 bits per heavy atom. The van der Waals surface area contributed by atoms with Gasteiger partial charge in [0.05, 0.1) is 0 Å². The molecule has 1 aromatic heterocycles. The van der Waals surface area contributed by atoms with Gasteiger partial charge in [-0.3, -0.25) is 4.79 Å². The van der Waals surface area contributed by atoms with Crippen LogP contribution in [-0.4, -0.2) is 10.8 Å². The third-order valence-electron chi connectivity index (χ3n) is 3.07. The number of benzene rings is 2. The van der Waals surface area contributed by atoms with Gasteiger partial charge in [-0.25, -0.2) is 13.8 Å². The van der Waals surface area contributed by atoms with Crippen LogP contribution in [-0.2, 0) is 0 Å². The SMILES string of the molecule is Nc1nc(Nc2ccccc2)sc1C(=O)c1ccc(F)c(F)c1. The number of halogens is 2. The van der Waals surface area contributed by atoms with Crippen LogP contribution in [0.1, 0.15) is 15.2 Å². The summed E-state index contributed by atoms with van der Waals surface area (Å²) in [6.45, 7) is 0. The number of nitrogens with one attached hydrogen (secondary N) is 1. The van der Waals surface area contributed by atoms with Crippen LogP contribution in [0.3, 0.4) is 0 Å². The zero-order chi connectivity index (χ0) is 16.4. The van der Waals surface area contributed by atoms with Crippen molar-refractivity contribution in [1.82, 2.24) is 4.98 Å². The number of thiazole rings is 1. The lowest BCUT2D eigenvalue weighted by molar-refractivity contribution is 0.104. The summed E-state index contributed by atoms with van der Waals surface area (Å²) < 4.78 is 26.2. The number of nitrogens with two attached hydrogens (primary N) is 1. The number of carbonyl (C=O) groups is 1. The number of aromatic nitrogens is 1. The third kappa shape index (κ3) is 3.19. The van der Waals surface area contributed by atoms with Crippen molar-refractivity contribution in [2.45, 2.75) is 0 Å². The van der Waals surface area contributed by atoms with Crippen molar-refractivity contribution in [3.63, 3.8) is 0 Å². The fraction of sp³-hybridized carbons (Fsp3) is 0. The highest BCUT2D eigenvalue weighted by molar-refractivity contribution is 7.18. The molecule has 0 aliphatic heterocycles. The van der Waals surface area contributed by atoms with Gasteiger partial charge in [-0.05, 0) is 30.3 Å². The fourth-order valence-corrected chi connectivity index (χ4v) is 2.83. The lowest BCUT2D eigenvalue weighted by Gasteiger charge is -2.00. The average Bonchev–Trinajstić information content (AvgIpc) is 2.90. The maximum absolute atomic E-state index is 13.3. The summed E-state index contributed by atoms with van der Waals surface area (Å²) in [5.74, 6) is -2.55. The number of hydrogen-bond donors (Lipinski definition) is 2. The number of ketones is 1. The molecule has 3 rings (SSSR count). The van der Waals surface area contributed by atoms with Crippen molar-refractivity contribution in [3.8, 4) is 0 Å². The molecule has 0 fully saturated rings. The molecule has 0 amide bonds. The highest BCUT2D eigenvalue weighted by Crippen LogP contribution is 2.29. The molecule has 3 N–H and O–H groups in total. The number of nitrogen functional groups attached to an aromatic ring is 1. The molecule has 0 saturated carbocycles. The Balaban J connectivity index is 1.88. The maximum Gasteiger partial charge on any atom is 0.206 e. The molecule has 4 nitrogen and oxygen atoms in total. The van der Waals surface area contributed by atoms with E-state index in [0.29, 0.717) is 5.13 Å². The molecule has 0 bridgehead atoms. The van der Waals surface area contributed by atoms with Crippen LogP contribution >= 0.6 is 11.3 Å². The highest BCUT2D eigenvalue weighted by atomic mass is 32.1. The van der Waals surface area contributed by atoms with E-state index in [9.17, 15) is 13.6 Å². The van der Waals surface area contributed by atoms with Crippen LogP contribution in [0.4, 0.5) is 25.4 Å².